The van der Waals surface area contributed by atoms with Gasteiger partial charge in [-0.3, -0.25) is 24.5 Å². The van der Waals surface area contributed by atoms with Gasteiger partial charge in [-0.2, -0.15) is 0 Å². The maximum absolute atomic E-state index is 13.3. The number of carbonyl (C=O) groups is 4. The molecule has 2 amide bonds. The van der Waals surface area contributed by atoms with E-state index in [4.69, 9.17) is 13.7 Å². The third kappa shape index (κ3) is 7.78. The van der Waals surface area contributed by atoms with Gasteiger partial charge in [-0.25, -0.2) is 9.00 Å². The lowest BCUT2D eigenvalue weighted by Crippen LogP contribution is -2.75. The van der Waals surface area contributed by atoms with Crippen LogP contribution in [0.1, 0.15) is 33.3 Å². The first-order valence-corrected chi connectivity index (χ1v) is 13.8. The minimum absolute atomic E-state index is 0.145. The highest BCUT2D eigenvalue weighted by Gasteiger charge is 2.58. The number of ether oxygens (including phenoxy) is 2. The summed E-state index contributed by atoms with van der Waals surface area (Å²) in [7, 11) is 0. The van der Waals surface area contributed by atoms with Crippen molar-refractivity contribution in [2.75, 3.05) is 6.61 Å². The van der Waals surface area contributed by atoms with Gasteiger partial charge in [0.1, 0.15) is 18.4 Å². The molecule has 0 bridgehead atoms. The molecule has 1 heterocycles. The van der Waals surface area contributed by atoms with Gasteiger partial charge in [0.15, 0.2) is 18.0 Å². The molecule has 42 heavy (non-hydrogen) atoms. The fourth-order valence-electron chi connectivity index (χ4n) is 3.73. The second kappa shape index (κ2) is 13.4. The Labute approximate surface area is 244 Å². The van der Waals surface area contributed by atoms with Crippen LogP contribution < -0.4 is 10.1 Å². The van der Waals surface area contributed by atoms with Gasteiger partial charge in [-0.1, -0.05) is 24.8 Å². The fraction of sp³-hybridized carbons (Fsp3) is 0.357. The minimum Gasteiger partial charge on any atom is -0.484 e. The Balaban J connectivity index is 1.78. The second-order valence-corrected chi connectivity index (χ2v) is 11.6. The number of β-lactam (4-membered cyclic amide) rings is 1. The summed E-state index contributed by atoms with van der Waals surface area (Å²) in [5.41, 5.74) is -0.590. The minimum atomic E-state index is -2.51. The molecular weight excluding hydrogens is 570 g/mol. The van der Waals surface area contributed by atoms with Gasteiger partial charge in [0.2, 0.25) is 11.1 Å². The zero-order valence-corrected chi connectivity index (χ0v) is 24.3. The number of nitro groups is 1. The number of non-ortho nitro benzene ring substituents is 1. The highest BCUT2D eigenvalue weighted by Crippen LogP contribution is 2.31. The summed E-state index contributed by atoms with van der Waals surface area (Å²) in [6.45, 7) is 9.09. The summed E-state index contributed by atoms with van der Waals surface area (Å²) >= 11 is -2.51. The molecule has 224 valence electrons. The van der Waals surface area contributed by atoms with Crippen molar-refractivity contribution in [1.82, 2.24) is 10.2 Å². The molecular formula is C28H31N3O10S. The predicted molar refractivity (Wildman–Crippen MR) is 150 cm³/mol. The van der Waals surface area contributed by atoms with Crippen molar-refractivity contribution in [2.45, 2.75) is 51.8 Å². The average molecular weight is 602 g/mol. The van der Waals surface area contributed by atoms with Gasteiger partial charge in [-0.15, -0.1) is 0 Å². The topological polar surface area (TPSA) is 171 Å². The molecule has 0 aromatic heterocycles. The summed E-state index contributed by atoms with van der Waals surface area (Å²) in [6.07, 6.45) is 0. The number of likely N-dealkylation sites (tertiary alicyclic amines) is 1. The van der Waals surface area contributed by atoms with E-state index in [0.29, 0.717) is 11.3 Å². The van der Waals surface area contributed by atoms with Crippen LogP contribution in [0.4, 0.5) is 5.69 Å². The molecule has 2 aromatic rings. The first kappa shape index (κ1) is 31.9. The number of rotatable bonds is 12. The molecule has 3 rings (SSSR count). The largest absolute Gasteiger partial charge is 0.484 e. The number of carbonyl (C=O) groups excluding carboxylic acids is 4. The Bertz CT molecular complexity index is 1390. The summed E-state index contributed by atoms with van der Waals surface area (Å²) in [6, 6.07) is 10.9. The lowest BCUT2D eigenvalue weighted by atomic mass is 9.98. The monoisotopic (exact) mass is 601 g/mol. The van der Waals surface area contributed by atoms with E-state index in [1.165, 1.54) is 31.2 Å². The van der Waals surface area contributed by atoms with Gasteiger partial charge in [0, 0.05) is 12.1 Å². The first-order chi connectivity index (χ1) is 19.7. The number of esters is 1. The predicted octanol–water partition coefficient (Wildman–Crippen LogP) is 2.57. The fourth-order valence-corrected chi connectivity index (χ4v) is 5.04. The van der Waals surface area contributed by atoms with E-state index < -0.39 is 69.2 Å². The second-order valence-electron chi connectivity index (χ2n) is 10.4. The maximum atomic E-state index is 13.3. The first-order valence-electron chi connectivity index (χ1n) is 12.7. The molecule has 4 atom stereocenters. The number of benzene rings is 2. The number of nitrogens with one attached hydrogen (secondary N) is 1. The number of hydrogen-bond acceptors (Lipinski definition) is 10. The zero-order valence-electron chi connectivity index (χ0n) is 23.4. The van der Waals surface area contributed by atoms with Crippen LogP contribution in [-0.2, 0) is 45.8 Å². The molecule has 1 aliphatic heterocycles. The highest BCUT2D eigenvalue weighted by atomic mass is 32.2. The van der Waals surface area contributed by atoms with E-state index in [1.807, 2.05) is 0 Å². The van der Waals surface area contributed by atoms with Crippen LogP contribution in [0.25, 0.3) is 0 Å². The molecule has 14 heteroatoms. The van der Waals surface area contributed by atoms with E-state index in [1.54, 1.807) is 51.1 Å². The van der Waals surface area contributed by atoms with Crippen molar-refractivity contribution < 1.29 is 42.0 Å². The molecule has 2 aromatic carbocycles. The van der Waals surface area contributed by atoms with E-state index in [2.05, 4.69) is 11.9 Å². The molecule has 1 fully saturated rings. The SMILES string of the molecule is C=C(C)[C@H](C(=O)OCc1ccc([N+](=O)[O-])cc1)N1C(=O)[C@@H](NC(=O)COc2ccccc2)[C@H]1S(=O)OC(=O)C(C)(C)C. The Morgan fingerprint density at radius 1 is 1.12 bits per heavy atom. The molecule has 1 aliphatic rings. The van der Waals surface area contributed by atoms with Crippen LogP contribution in [0.15, 0.2) is 66.7 Å². The summed E-state index contributed by atoms with van der Waals surface area (Å²) in [5, 5.41) is 11.9. The molecule has 0 radical (unpaired) electrons. The van der Waals surface area contributed by atoms with E-state index >= 15 is 0 Å². The van der Waals surface area contributed by atoms with Crippen LogP contribution in [0, 0.1) is 15.5 Å². The third-order valence-electron chi connectivity index (χ3n) is 5.97. The number of nitrogens with zero attached hydrogens (tertiary/aromatic N) is 2. The number of nitro benzene ring substituents is 1. The van der Waals surface area contributed by atoms with E-state index in [0.717, 1.165) is 4.90 Å². The third-order valence-corrected chi connectivity index (χ3v) is 7.18. The van der Waals surface area contributed by atoms with Gasteiger partial charge < -0.3 is 23.9 Å². The van der Waals surface area contributed by atoms with Crippen LogP contribution in [-0.4, -0.2) is 61.8 Å². The smallest absolute Gasteiger partial charge is 0.333 e. The van der Waals surface area contributed by atoms with Crippen LogP contribution in [0.3, 0.4) is 0 Å². The van der Waals surface area contributed by atoms with Crippen molar-refractivity contribution >= 4 is 40.5 Å². The van der Waals surface area contributed by atoms with Crippen LogP contribution in [0.5, 0.6) is 5.75 Å². The van der Waals surface area contributed by atoms with Crippen LogP contribution >= 0.6 is 0 Å². The highest BCUT2D eigenvalue weighted by molar-refractivity contribution is 7.81. The van der Waals surface area contributed by atoms with E-state index in [-0.39, 0.29) is 17.9 Å². The molecule has 1 unspecified atom stereocenters. The van der Waals surface area contributed by atoms with Crippen molar-refractivity contribution in [2.24, 2.45) is 5.41 Å². The quantitative estimate of drug-likeness (QED) is 0.125. The number of amides is 2. The van der Waals surface area contributed by atoms with Crippen LogP contribution in [0.2, 0.25) is 0 Å². The Morgan fingerprint density at radius 3 is 2.29 bits per heavy atom. The molecule has 0 spiro atoms. The number of hydrogen-bond donors (Lipinski definition) is 1. The van der Waals surface area contributed by atoms with Gasteiger partial charge in [0.25, 0.3) is 17.5 Å². The lowest BCUT2D eigenvalue weighted by molar-refractivity contribution is -0.384. The van der Waals surface area contributed by atoms with Crippen molar-refractivity contribution in [1.29, 1.82) is 0 Å². The average Bonchev–Trinajstić information content (AvgIpc) is 2.93. The Morgan fingerprint density at radius 2 is 1.74 bits per heavy atom. The molecule has 1 saturated heterocycles. The Kier molecular flexibility index (Phi) is 10.2. The van der Waals surface area contributed by atoms with Gasteiger partial charge >= 0.3 is 11.9 Å². The summed E-state index contributed by atoms with van der Waals surface area (Å²) < 4.78 is 29.2. The molecule has 13 nitrogen and oxygen atoms in total. The van der Waals surface area contributed by atoms with Crippen molar-refractivity contribution in [3.8, 4) is 5.75 Å². The maximum Gasteiger partial charge on any atom is 0.333 e. The van der Waals surface area contributed by atoms with Crippen molar-refractivity contribution in [3.63, 3.8) is 0 Å². The molecule has 0 aliphatic carbocycles. The van der Waals surface area contributed by atoms with Gasteiger partial charge in [0.05, 0.1) is 10.3 Å². The van der Waals surface area contributed by atoms with Crippen molar-refractivity contribution in [3.05, 3.63) is 82.4 Å². The normalized spacial score (nSPS) is 17.7. The number of para-hydroxylation sites is 1. The zero-order chi connectivity index (χ0) is 31.2. The lowest BCUT2D eigenvalue weighted by Gasteiger charge is -2.48. The summed E-state index contributed by atoms with van der Waals surface area (Å²) in [4.78, 5) is 62.7. The Hall–Kier alpha value is -4.59. The molecule has 0 saturated carbocycles. The summed E-state index contributed by atoms with van der Waals surface area (Å²) in [5.74, 6) is -2.85. The van der Waals surface area contributed by atoms with Gasteiger partial charge in [-0.05, 0) is 63.1 Å². The molecule has 1 N–H and O–H groups in total. The standard InChI is InChI=1S/C28H31N3O10S/c1-17(2)23(26(34)40-15-18-11-13-19(14-12-18)31(36)37)30-24(33)22(25(30)42(38)41-27(35)28(3,4)5)29-21(32)16-39-20-9-7-6-8-10-20/h6-14,22-23,25H,1,15-16H2,2-5H3,(H,29,32)/t22-,23-,25-,42?/m1/s1. The van der Waals surface area contributed by atoms with E-state index in [9.17, 15) is 33.5 Å².